The zero-order chi connectivity index (χ0) is 16.4. The molecule has 2 aliphatic heterocycles. The van der Waals surface area contributed by atoms with Gasteiger partial charge in [-0.1, -0.05) is 60.7 Å². The maximum atomic E-state index is 6.36. The first-order valence-corrected chi connectivity index (χ1v) is 8.97. The van der Waals surface area contributed by atoms with Gasteiger partial charge in [0.15, 0.2) is 0 Å². The topological polar surface area (TPSA) is 15.7 Å². The molecule has 2 atom stereocenters. The summed E-state index contributed by atoms with van der Waals surface area (Å²) in [5, 5.41) is 0. The van der Waals surface area contributed by atoms with Crippen LogP contribution in [0.1, 0.15) is 23.7 Å². The fraction of sp³-hybridized carbons (Fsp3) is 0.429. The Hall–Kier alpha value is -1.68. The largest absolute Gasteiger partial charge is 0.367 e. The van der Waals surface area contributed by atoms with Gasteiger partial charge in [0.1, 0.15) is 6.10 Å². The number of likely N-dealkylation sites (tertiary alicyclic amines) is 2. The second kappa shape index (κ2) is 7.06. The van der Waals surface area contributed by atoms with E-state index in [1.807, 2.05) is 0 Å². The Morgan fingerprint density at radius 3 is 2.04 bits per heavy atom. The molecular formula is C21H26N2O. The van der Waals surface area contributed by atoms with E-state index in [1.54, 1.807) is 0 Å². The summed E-state index contributed by atoms with van der Waals surface area (Å²) in [6.45, 7) is 4.23. The van der Waals surface area contributed by atoms with Crippen LogP contribution in [-0.4, -0.2) is 55.2 Å². The van der Waals surface area contributed by atoms with Crippen LogP contribution in [0.15, 0.2) is 60.7 Å². The lowest BCUT2D eigenvalue weighted by Crippen LogP contribution is -2.45. The van der Waals surface area contributed by atoms with Gasteiger partial charge in [-0.3, -0.25) is 4.90 Å². The first-order chi connectivity index (χ1) is 11.8. The van der Waals surface area contributed by atoms with Gasteiger partial charge >= 0.3 is 0 Å². The summed E-state index contributed by atoms with van der Waals surface area (Å²) in [4.78, 5) is 5.11. The molecule has 126 valence electrons. The molecule has 4 rings (SSSR count). The van der Waals surface area contributed by atoms with Gasteiger partial charge in [0.05, 0.1) is 6.61 Å². The minimum absolute atomic E-state index is 0.0230. The minimum Gasteiger partial charge on any atom is -0.367 e. The average Bonchev–Trinajstić information content (AvgIpc) is 3.19. The van der Waals surface area contributed by atoms with Crippen LogP contribution in [0.4, 0.5) is 0 Å². The van der Waals surface area contributed by atoms with Gasteiger partial charge < -0.3 is 9.64 Å². The number of piperazine rings is 1. The molecule has 0 aromatic heterocycles. The number of likely N-dealkylation sites (N-methyl/N-ethyl adjacent to an activating group) is 1. The number of hydrogen-bond acceptors (Lipinski definition) is 3. The molecule has 0 saturated carbocycles. The SMILES string of the molecule is CN1CC2CC1CN2CCOC(c1ccccc1)c1ccccc1. The summed E-state index contributed by atoms with van der Waals surface area (Å²) < 4.78 is 6.36. The molecule has 3 heteroatoms. The van der Waals surface area contributed by atoms with Gasteiger partial charge in [-0.05, 0) is 24.6 Å². The molecule has 2 saturated heterocycles. The van der Waals surface area contributed by atoms with Crippen molar-refractivity contribution in [1.29, 1.82) is 0 Å². The summed E-state index contributed by atoms with van der Waals surface area (Å²) in [6.07, 6.45) is 1.35. The third-order valence-electron chi connectivity index (χ3n) is 5.50. The van der Waals surface area contributed by atoms with Crippen molar-refractivity contribution in [1.82, 2.24) is 9.80 Å². The second-order valence-corrected chi connectivity index (χ2v) is 7.05. The van der Waals surface area contributed by atoms with Crippen molar-refractivity contribution in [2.75, 3.05) is 33.3 Å². The predicted octanol–water partition coefficient (Wildman–Crippen LogP) is 3.18. The lowest BCUT2D eigenvalue weighted by atomic mass is 10.0. The zero-order valence-electron chi connectivity index (χ0n) is 14.3. The van der Waals surface area contributed by atoms with Crippen LogP contribution < -0.4 is 0 Å². The quantitative estimate of drug-likeness (QED) is 0.812. The molecule has 2 aromatic rings. The summed E-state index contributed by atoms with van der Waals surface area (Å²) in [5.41, 5.74) is 2.46. The van der Waals surface area contributed by atoms with Crippen molar-refractivity contribution in [2.24, 2.45) is 0 Å². The molecule has 0 aliphatic carbocycles. The van der Waals surface area contributed by atoms with E-state index in [1.165, 1.54) is 30.6 Å². The average molecular weight is 322 g/mol. The highest BCUT2D eigenvalue weighted by molar-refractivity contribution is 5.29. The molecule has 0 radical (unpaired) electrons. The zero-order valence-corrected chi connectivity index (χ0v) is 14.3. The van der Waals surface area contributed by atoms with Crippen LogP contribution in [-0.2, 0) is 4.74 Å². The lowest BCUT2D eigenvalue weighted by Gasteiger charge is -2.32. The van der Waals surface area contributed by atoms with Gasteiger partial charge in [0.2, 0.25) is 0 Å². The summed E-state index contributed by atoms with van der Waals surface area (Å²) >= 11 is 0. The Bertz CT molecular complexity index is 604. The van der Waals surface area contributed by atoms with Crippen molar-refractivity contribution in [3.05, 3.63) is 71.8 Å². The lowest BCUT2D eigenvalue weighted by molar-refractivity contribution is 0.0464. The molecular weight excluding hydrogens is 296 g/mol. The molecule has 0 amide bonds. The molecule has 2 fully saturated rings. The summed E-state index contributed by atoms with van der Waals surface area (Å²) in [5.74, 6) is 0. The van der Waals surface area contributed by atoms with Crippen molar-refractivity contribution >= 4 is 0 Å². The van der Waals surface area contributed by atoms with E-state index < -0.39 is 0 Å². The van der Waals surface area contributed by atoms with E-state index in [-0.39, 0.29) is 6.10 Å². The molecule has 2 bridgehead atoms. The Balaban J connectivity index is 1.40. The van der Waals surface area contributed by atoms with Crippen molar-refractivity contribution in [3.63, 3.8) is 0 Å². The van der Waals surface area contributed by atoms with E-state index >= 15 is 0 Å². The number of benzene rings is 2. The minimum atomic E-state index is 0.0230. The third-order valence-corrected chi connectivity index (χ3v) is 5.50. The number of hydrogen-bond donors (Lipinski definition) is 0. The molecule has 0 N–H and O–H groups in total. The van der Waals surface area contributed by atoms with Gasteiger partial charge in [-0.15, -0.1) is 0 Å². The Kier molecular flexibility index (Phi) is 4.65. The molecule has 0 spiro atoms. The molecule has 2 heterocycles. The fourth-order valence-electron chi connectivity index (χ4n) is 4.15. The van der Waals surface area contributed by atoms with E-state index in [9.17, 15) is 0 Å². The summed E-state index contributed by atoms with van der Waals surface area (Å²) in [7, 11) is 2.25. The van der Waals surface area contributed by atoms with Gasteiger partial charge in [0.25, 0.3) is 0 Å². The van der Waals surface area contributed by atoms with Crippen LogP contribution in [0.3, 0.4) is 0 Å². The Morgan fingerprint density at radius 1 is 0.917 bits per heavy atom. The maximum absolute atomic E-state index is 6.36. The van der Waals surface area contributed by atoms with E-state index in [4.69, 9.17) is 4.74 Å². The van der Waals surface area contributed by atoms with Crippen molar-refractivity contribution in [3.8, 4) is 0 Å². The fourth-order valence-corrected chi connectivity index (χ4v) is 4.15. The smallest absolute Gasteiger partial charge is 0.108 e. The number of rotatable bonds is 6. The normalized spacial score (nSPS) is 24.1. The Morgan fingerprint density at radius 2 is 1.54 bits per heavy atom. The highest BCUT2D eigenvalue weighted by Crippen LogP contribution is 2.30. The second-order valence-electron chi connectivity index (χ2n) is 7.05. The third kappa shape index (κ3) is 3.25. The van der Waals surface area contributed by atoms with Crippen LogP contribution in [0.5, 0.6) is 0 Å². The Labute approximate surface area is 144 Å². The van der Waals surface area contributed by atoms with Gasteiger partial charge in [-0.25, -0.2) is 0 Å². The van der Waals surface area contributed by atoms with Crippen molar-refractivity contribution in [2.45, 2.75) is 24.6 Å². The van der Waals surface area contributed by atoms with Crippen LogP contribution >= 0.6 is 0 Å². The van der Waals surface area contributed by atoms with E-state index in [2.05, 4.69) is 77.5 Å². The predicted molar refractivity (Wildman–Crippen MR) is 97.1 cm³/mol. The highest BCUT2D eigenvalue weighted by Gasteiger charge is 2.40. The molecule has 2 unspecified atom stereocenters. The molecule has 2 aromatic carbocycles. The molecule has 24 heavy (non-hydrogen) atoms. The first kappa shape index (κ1) is 15.8. The molecule has 3 nitrogen and oxygen atoms in total. The van der Waals surface area contributed by atoms with Gasteiger partial charge in [-0.2, -0.15) is 0 Å². The monoisotopic (exact) mass is 322 g/mol. The first-order valence-electron chi connectivity index (χ1n) is 8.97. The van der Waals surface area contributed by atoms with E-state index in [0.717, 1.165) is 25.2 Å². The van der Waals surface area contributed by atoms with Crippen LogP contribution in [0.2, 0.25) is 0 Å². The summed E-state index contributed by atoms with van der Waals surface area (Å²) in [6, 6.07) is 22.6. The standard InChI is InChI=1S/C21H26N2O/c1-22-15-20-14-19(22)16-23(20)12-13-24-21(17-8-4-2-5-9-17)18-10-6-3-7-11-18/h2-11,19-21H,12-16H2,1H3. The van der Waals surface area contributed by atoms with E-state index in [0.29, 0.717) is 0 Å². The van der Waals surface area contributed by atoms with Crippen molar-refractivity contribution < 1.29 is 4.74 Å². The van der Waals surface area contributed by atoms with Gasteiger partial charge in [0, 0.05) is 31.7 Å². The maximum Gasteiger partial charge on any atom is 0.108 e. The van der Waals surface area contributed by atoms with Crippen LogP contribution in [0, 0.1) is 0 Å². The number of nitrogens with zero attached hydrogens (tertiary/aromatic N) is 2. The van der Waals surface area contributed by atoms with Crippen LogP contribution in [0.25, 0.3) is 0 Å². The number of fused-ring (bicyclic) bond motifs is 2. The number of ether oxygens (including phenoxy) is 1. The highest BCUT2D eigenvalue weighted by atomic mass is 16.5. The molecule has 2 aliphatic rings.